The van der Waals surface area contributed by atoms with Crippen LogP contribution in [0.15, 0.2) is 0 Å². The molecule has 2 atom stereocenters. The largest absolute Gasteiger partial charge is 0.330 e. The molecule has 1 rings (SSSR count). The number of nitrogens with two attached hydrogens (primary N) is 1. The summed E-state index contributed by atoms with van der Waals surface area (Å²) in [6, 6.07) is 0.852. The van der Waals surface area contributed by atoms with Crippen molar-refractivity contribution in [1.29, 1.82) is 0 Å². The first-order valence-electron chi connectivity index (χ1n) is 7.09. The van der Waals surface area contributed by atoms with Crippen molar-refractivity contribution in [3.05, 3.63) is 0 Å². The van der Waals surface area contributed by atoms with Gasteiger partial charge in [0.25, 0.3) is 0 Å². The van der Waals surface area contributed by atoms with E-state index in [4.69, 9.17) is 5.73 Å². The van der Waals surface area contributed by atoms with Crippen molar-refractivity contribution in [1.82, 2.24) is 4.90 Å². The fraction of sp³-hybridized carbons (Fsp3) is 1.00. The van der Waals surface area contributed by atoms with Gasteiger partial charge in [-0.2, -0.15) is 0 Å². The van der Waals surface area contributed by atoms with E-state index in [1.165, 1.54) is 45.2 Å². The van der Waals surface area contributed by atoms with E-state index in [-0.39, 0.29) is 0 Å². The van der Waals surface area contributed by atoms with Gasteiger partial charge in [-0.3, -0.25) is 0 Å². The van der Waals surface area contributed by atoms with Crippen molar-refractivity contribution in [2.75, 3.05) is 19.6 Å². The molecule has 16 heavy (non-hydrogen) atoms. The van der Waals surface area contributed by atoms with E-state index in [1.54, 1.807) is 0 Å². The third kappa shape index (κ3) is 4.42. The van der Waals surface area contributed by atoms with Gasteiger partial charge in [0.05, 0.1) is 0 Å². The highest BCUT2D eigenvalue weighted by atomic mass is 15.2. The first kappa shape index (κ1) is 14.0. The van der Waals surface area contributed by atoms with Crippen LogP contribution < -0.4 is 5.73 Å². The van der Waals surface area contributed by atoms with Gasteiger partial charge in [0, 0.05) is 6.04 Å². The van der Waals surface area contributed by atoms with Gasteiger partial charge in [0.15, 0.2) is 0 Å². The highest BCUT2D eigenvalue weighted by Gasteiger charge is 2.26. The van der Waals surface area contributed by atoms with Crippen LogP contribution in [0.3, 0.4) is 0 Å². The number of rotatable bonds is 7. The monoisotopic (exact) mass is 226 g/mol. The quantitative estimate of drug-likeness (QED) is 0.723. The Balaban J connectivity index is 2.16. The first-order chi connectivity index (χ1) is 7.65. The van der Waals surface area contributed by atoms with E-state index in [0.717, 1.165) is 24.4 Å². The Bertz CT molecular complexity index is 180. The van der Waals surface area contributed by atoms with Gasteiger partial charge in [0.2, 0.25) is 0 Å². The normalized spacial score (nSPS) is 24.2. The summed E-state index contributed by atoms with van der Waals surface area (Å²) >= 11 is 0. The maximum atomic E-state index is 5.57. The van der Waals surface area contributed by atoms with Crippen LogP contribution in [0.5, 0.6) is 0 Å². The topological polar surface area (TPSA) is 29.3 Å². The van der Waals surface area contributed by atoms with Crippen molar-refractivity contribution in [3.8, 4) is 0 Å². The Morgan fingerprint density at radius 3 is 2.62 bits per heavy atom. The molecule has 2 unspecified atom stereocenters. The minimum Gasteiger partial charge on any atom is -0.330 e. The Hall–Kier alpha value is -0.0800. The number of likely N-dealkylation sites (tertiary alicyclic amines) is 1. The summed E-state index contributed by atoms with van der Waals surface area (Å²) in [5.74, 6) is 1.63. The van der Waals surface area contributed by atoms with Gasteiger partial charge < -0.3 is 10.6 Å². The highest BCUT2D eigenvalue weighted by molar-refractivity contribution is 4.81. The summed E-state index contributed by atoms with van der Waals surface area (Å²) in [4.78, 5) is 2.71. The van der Waals surface area contributed by atoms with E-state index in [9.17, 15) is 0 Å². The standard InChI is InChI=1S/C14H30N2/c1-12(2)14-7-5-11-16(14)10-4-6-13(3)8-9-15/h12-14H,4-11,15H2,1-3H3. The lowest BCUT2D eigenvalue weighted by atomic mass is 10.00. The molecule has 0 bridgehead atoms. The van der Waals surface area contributed by atoms with E-state index in [2.05, 4.69) is 25.7 Å². The molecule has 1 heterocycles. The summed E-state index contributed by atoms with van der Waals surface area (Å²) in [6.07, 6.45) is 6.70. The predicted octanol–water partition coefficient (Wildman–Crippen LogP) is 2.87. The minimum atomic E-state index is 0.810. The molecule has 0 aliphatic carbocycles. The van der Waals surface area contributed by atoms with Crippen molar-refractivity contribution in [2.45, 2.75) is 58.9 Å². The van der Waals surface area contributed by atoms with E-state index in [0.29, 0.717) is 0 Å². The van der Waals surface area contributed by atoms with Crippen molar-refractivity contribution in [2.24, 2.45) is 17.6 Å². The summed E-state index contributed by atoms with van der Waals surface area (Å²) in [6.45, 7) is 10.5. The zero-order chi connectivity index (χ0) is 12.0. The van der Waals surface area contributed by atoms with Gasteiger partial charge in [-0.05, 0) is 63.6 Å². The number of hydrogen-bond acceptors (Lipinski definition) is 2. The fourth-order valence-corrected chi connectivity index (χ4v) is 2.96. The number of hydrogen-bond donors (Lipinski definition) is 1. The minimum absolute atomic E-state index is 0.810. The third-order valence-corrected chi connectivity index (χ3v) is 3.99. The van der Waals surface area contributed by atoms with Gasteiger partial charge >= 0.3 is 0 Å². The second kappa shape index (κ2) is 7.29. The summed E-state index contributed by atoms with van der Waals surface area (Å²) in [7, 11) is 0. The second-order valence-corrected chi connectivity index (χ2v) is 5.81. The molecule has 1 aliphatic heterocycles. The maximum Gasteiger partial charge on any atom is 0.0119 e. The van der Waals surface area contributed by atoms with Crippen LogP contribution in [0.25, 0.3) is 0 Å². The molecule has 0 saturated carbocycles. The van der Waals surface area contributed by atoms with Gasteiger partial charge in [-0.25, -0.2) is 0 Å². The van der Waals surface area contributed by atoms with Crippen LogP contribution >= 0.6 is 0 Å². The molecule has 96 valence electrons. The first-order valence-corrected chi connectivity index (χ1v) is 7.09. The molecule has 0 aromatic rings. The van der Waals surface area contributed by atoms with E-state index >= 15 is 0 Å². The van der Waals surface area contributed by atoms with Gasteiger partial charge in [-0.1, -0.05) is 20.8 Å². The molecule has 0 amide bonds. The molecule has 0 aromatic heterocycles. The summed E-state index contributed by atoms with van der Waals surface area (Å²) < 4.78 is 0. The van der Waals surface area contributed by atoms with Gasteiger partial charge in [-0.15, -0.1) is 0 Å². The average molecular weight is 226 g/mol. The Morgan fingerprint density at radius 1 is 1.25 bits per heavy atom. The van der Waals surface area contributed by atoms with Crippen molar-refractivity contribution < 1.29 is 0 Å². The molecule has 1 saturated heterocycles. The SMILES string of the molecule is CC(CCN)CCCN1CCCC1C(C)C. The molecule has 2 heteroatoms. The van der Waals surface area contributed by atoms with Crippen LogP contribution in [0.4, 0.5) is 0 Å². The summed E-state index contributed by atoms with van der Waals surface area (Å²) in [5.41, 5.74) is 5.57. The lowest BCUT2D eigenvalue weighted by Crippen LogP contribution is -2.34. The van der Waals surface area contributed by atoms with Crippen LogP contribution in [0, 0.1) is 11.8 Å². The zero-order valence-corrected chi connectivity index (χ0v) is 11.4. The Morgan fingerprint density at radius 2 is 2.00 bits per heavy atom. The van der Waals surface area contributed by atoms with Crippen molar-refractivity contribution in [3.63, 3.8) is 0 Å². The molecule has 0 spiro atoms. The molecular formula is C14H30N2. The van der Waals surface area contributed by atoms with Crippen molar-refractivity contribution >= 4 is 0 Å². The maximum absolute atomic E-state index is 5.57. The van der Waals surface area contributed by atoms with Crippen LogP contribution in [0.1, 0.15) is 52.9 Å². The van der Waals surface area contributed by atoms with Crippen LogP contribution in [-0.4, -0.2) is 30.6 Å². The molecule has 1 aliphatic rings. The lowest BCUT2D eigenvalue weighted by Gasteiger charge is -2.27. The van der Waals surface area contributed by atoms with Crippen LogP contribution in [0.2, 0.25) is 0 Å². The number of nitrogens with zero attached hydrogens (tertiary/aromatic N) is 1. The van der Waals surface area contributed by atoms with Gasteiger partial charge in [0.1, 0.15) is 0 Å². The Labute approximate surface area is 102 Å². The lowest BCUT2D eigenvalue weighted by molar-refractivity contribution is 0.199. The molecule has 2 nitrogen and oxygen atoms in total. The molecule has 1 fully saturated rings. The molecular weight excluding hydrogens is 196 g/mol. The van der Waals surface area contributed by atoms with Crippen LogP contribution in [-0.2, 0) is 0 Å². The Kier molecular flexibility index (Phi) is 6.37. The van der Waals surface area contributed by atoms with E-state index < -0.39 is 0 Å². The third-order valence-electron chi connectivity index (χ3n) is 3.99. The van der Waals surface area contributed by atoms with E-state index in [1.807, 2.05) is 0 Å². The second-order valence-electron chi connectivity index (χ2n) is 5.81. The fourth-order valence-electron chi connectivity index (χ4n) is 2.96. The molecule has 0 aromatic carbocycles. The summed E-state index contributed by atoms with van der Waals surface area (Å²) in [5, 5.41) is 0. The molecule has 0 radical (unpaired) electrons. The predicted molar refractivity (Wildman–Crippen MR) is 71.5 cm³/mol. The highest BCUT2D eigenvalue weighted by Crippen LogP contribution is 2.24. The zero-order valence-electron chi connectivity index (χ0n) is 11.4. The molecule has 2 N–H and O–H groups in total. The average Bonchev–Trinajstić information content (AvgIpc) is 2.66. The smallest absolute Gasteiger partial charge is 0.0119 e.